The molecule has 0 aromatic heterocycles. The molecule has 0 heterocycles. The number of thioether (sulfide) groups is 1. The summed E-state index contributed by atoms with van der Waals surface area (Å²) in [5.74, 6) is 2.37. The quantitative estimate of drug-likeness (QED) is 0.601. The molecular weight excluding hydrogens is 238 g/mol. The van der Waals surface area contributed by atoms with Crippen molar-refractivity contribution in [3.63, 3.8) is 0 Å². The first-order valence-corrected chi connectivity index (χ1v) is 9.21. The normalized spacial score (nSPS) is 28.5. The fourth-order valence-electron chi connectivity index (χ4n) is 2.92. The summed E-state index contributed by atoms with van der Waals surface area (Å²) in [4.78, 5) is 0. The number of hydrogen-bond acceptors (Lipinski definition) is 2. The molecule has 0 aromatic rings. The molecule has 3 unspecified atom stereocenters. The second kappa shape index (κ2) is 10.1. The molecule has 0 spiro atoms. The van der Waals surface area contributed by atoms with Crippen molar-refractivity contribution in [1.82, 2.24) is 5.32 Å². The molecule has 0 saturated heterocycles. The predicted molar refractivity (Wildman–Crippen MR) is 85.5 cm³/mol. The van der Waals surface area contributed by atoms with Gasteiger partial charge in [0, 0.05) is 11.3 Å². The molecule has 0 aliphatic heterocycles. The van der Waals surface area contributed by atoms with E-state index in [4.69, 9.17) is 0 Å². The summed E-state index contributed by atoms with van der Waals surface area (Å²) in [7, 11) is 0. The van der Waals surface area contributed by atoms with Crippen LogP contribution in [0.5, 0.6) is 0 Å². The molecule has 1 aliphatic rings. The lowest BCUT2D eigenvalue weighted by atomic mass is 9.84. The van der Waals surface area contributed by atoms with Crippen molar-refractivity contribution in [1.29, 1.82) is 0 Å². The fourth-order valence-corrected chi connectivity index (χ4v) is 4.46. The Kier molecular flexibility index (Phi) is 9.22. The lowest BCUT2D eigenvalue weighted by Crippen LogP contribution is -2.43. The number of unbranched alkanes of at least 4 members (excludes halogenated alkanes) is 2. The van der Waals surface area contributed by atoms with E-state index in [1.807, 2.05) is 0 Å². The molecule has 0 radical (unpaired) electrons. The SMILES string of the molecule is CCCCCSC1CC(CC)CCC1NCCC. The summed E-state index contributed by atoms with van der Waals surface area (Å²) in [5.41, 5.74) is 0. The lowest BCUT2D eigenvalue weighted by Gasteiger charge is -2.36. The molecule has 1 aliphatic carbocycles. The van der Waals surface area contributed by atoms with Crippen LogP contribution in [0.1, 0.15) is 72.1 Å². The lowest BCUT2D eigenvalue weighted by molar-refractivity contribution is 0.295. The van der Waals surface area contributed by atoms with E-state index >= 15 is 0 Å². The Bertz CT molecular complexity index is 196. The van der Waals surface area contributed by atoms with Crippen LogP contribution >= 0.6 is 11.8 Å². The molecular formula is C16H33NS. The van der Waals surface area contributed by atoms with Gasteiger partial charge in [0.2, 0.25) is 0 Å². The Hall–Kier alpha value is 0.310. The first-order chi connectivity index (χ1) is 8.81. The standard InChI is InChI=1S/C16H33NS/c1-4-7-8-12-18-16-13-14(6-3)9-10-15(16)17-11-5-2/h14-17H,4-13H2,1-3H3. The van der Waals surface area contributed by atoms with Gasteiger partial charge in [-0.1, -0.05) is 40.0 Å². The minimum absolute atomic E-state index is 0.791. The van der Waals surface area contributed by atoms with Crippen LogP contribution in [0.4, 0.5) is 0 Å². The molecule has 0 aromatic carbocycles. The van der Waals surface area contributed by atoms with Gasteiger partial charge in [-0.3, -0.25) is 0 Å². The first kappa shape index (κ1) is 16.4. The predicted octanol–water partition coefficient (Wildman–Crippen LogP) is 4.86. The Morgan fingerprint density at radius 2 is 1.89 bits per heavy atom. The van der Waals surface area contributed by atoms with Crippen LogP contribution in [-0.2, 0) is 0 Å². The molecule has 0 amide bonds. The fraction of sp³-hybridized carbons (Fsp3) is 1.00. The molecule has 0 bridgehead atoms. The van der Waals surface area contributed by atoms with Gasteiger partial charge in [-0.05, 0) is 50.3 Å². The van der Waals surface area contributed by atoms with Crippen molar-refractivity contribution in [2.45, 2.75) is 83.4 Å². The molecule has 108 valence electrons. The van der Waals surface area contributed by atoms with E-state index in [1.54, 1.807) is 0 Å². The third kappa shape index (κ3) is 5.97. The van der Waals surface area contributed by atoms with Crippen molar-refractivity contribution >= 4 is 11.8 Å². The van der Waals surface area contributed by atoms with Gasteiger partial charge in [0.15, 0.2) is 0 Å². The Morgan fingerprint density at radius 1 is 1.06 bits per heavy atom. The molecule has 1 fully saturated rings. The average molecular weight is 272 g/mol. The molecule has 1 nitrogen and oxygen atoms in total. The minimum Gasteiger partial charge on any atom is -0.313 e. The van der Waals surface area contributed by atoms with Crippen LogP contribution in [0.25, 0.3) is 0 Å². The van der Waals surface area contributed by atoms with Crippen LogP contribution < -0.4 is 5.32 Å². The molecule has 1 N–H and O–H groups in total. The van der Waals surface area contributed by atoms with E-state index < -0.39 is 0 Å². The molecule has 2 heteroatoms. The highest BCUT2D eigenvalue weighted by molar-refractivity contribution is 7.99. The average Bonchev–Trinajstić information content (AvgIpc) is 2.42. The zero-order valence-corrected chi connectivity index (χ0v) is 13.5. The summed E-state index contributed by atoms with van der Waals surface area (Å²) in [5, 5.41) is 4.67. The third-order valence-corrected chi connectivity index (χ3v) is 5.69. The maximum absolute atomic E-state index is 3.79. The van der Waals surface area contributed by atoms with Crippen LogP contribution in [0.15, 0.2) is 0 Å². The highest BCUT2D eigenvalue weighted by Crippen LogP contribution is 2.34. The third-order valence-electron chi connectivity index (χ3n) is 4.21. The highest BCUT2D eigenvalue weighted by atomic mass is 32.2. The smallest absolute Gasteiger partial charge is 0.0203 e. The van der Waals surface area contributed by atoms with Gasteiger partial charge in [0.1, 0.15) is 0 Å². The van der Waals surface area contributed by atoms with E-state index in [9.17, 15) is 0 Å². The van der Waals surface area contributed by atoms with Crippen LogP contribution in [0, 0.1) is 5.92 Å². The Morgan fingerprint density at radius 3 is 2.56 bits per heavy atom. The minimum atomic E-state index is 0.791. The zero-order valence-electron chi connectivity index (χ0n) is 12.7. The van der Waals surface area contributed by atoms with Crippen molar-refractivity contribution in [3.8, 4) is 0 Å². The van der Waals surface area contributed by atoms with E-state index in [0.717, 1.165) is 17.2 Å². The first-order valence-electron chi connectivity index (χ1n) is 8.16. The number of hydrogen-bond donors (Lipinski definition) is 1. The van der Waals surface area contributed by atoms with Gasteiger partial charge in [-0.2, -0.15) is 11.8 Å². The highest BCUT2D eigenvalue weighted by Gasteiger charge is 2.29. The Balaban J connectivity index is 2.33. The molecule has 1 rings (SSSR count). The largest absolute Gasteiger partial charge is 0.313 e. The molecule has 3 atom stereocenters. The van der Waals surface area contributed by atoms with Gasteiger partial charge in [0.25, 0.3) is 0 Å². The van der Waals surface area contributed by atoms with E-state index in [0.29, 0.717) is 0 Å². The molecule has 1 saturated carbocycles. The zero-order chi connectivity index (χ0) is 13.2. The topological polar surface area (TPSA) is 12.0 Å². The van der Waals surface area contributed by atoms with Gasteiger partial charge in [-0.15, -0.1) is 0 Å². The van der Waals surface area contributed by atoms with E-state index in [-0.39, 0.29) is 0 Å². The maximum atomic E-state index is 3.79. The van der Waals surface area contributed by atoms with Crippen molar-refractivity contribution in [2.75, 3.05) is 12.3 Å². The number of nitrogens with one attached hydrogen (secondary N) is 1. The van der Waals surface area contributed by atoms with E-state index in [2.05, 4.69) is 37.8 Å². The summed E-state index contributed by atoms with van der Waals surface area (Å²) < 4.78 is 0. The Labute approximate surface area is 119 Å². The van der Waals surface area contributed by atoms with Crippen LogP contribution in [0.3, 0.4) is 0 Å². The second-order valence-corrected chi connectivity index (χ2v) is 7.11. The summed E-state index contributed by atoms with van der Waals surface area (Å²) in [6.07, 6.45) is 11.1. The van der Waals surface area contributed by atoms with Gasteiger partial charge in [0.05, 0.1) is 0 Å². The monoisotopic (exact) mass is 271 g/mol. The second-order valence-electron chi connectivity index (χ2n) is 5.76. The van der Waals surface area contributed by atoms with Crippen molar-refractivity contribution in [3.05, 3.63) is 0 Å². The summed E-state index contributed by atoms with van der Waals surface area (Å²) in [6, 6.07) is 0.791. The summed E-state index contributed by atoms with van der Waals surface area (Å²) >= 11 is 2.25. The van der Waals surface area contributed by atoms with Crippen LogP contribution in [0.2, 0.25) is 0 Å². The van der Waals surface area contributed by atoms with Gasteiger partial charge < -0.3 is 5.32 Å². The van der Waals surface area contributed by atoms with Crippen LogP contribution in [-0.4, -0.2) is 23.6 Å². The van der Waals surface area contributed by atoms with E-state index in [1.165, 1.54) is 63.7 Å². The number of rotatable bonds is 9. The van der Waals surface area contributed by atoms with Gasteiger partial charge in [-0.25, -0.2) is 0 Å². The van der Waals surface area contributed by atoms with Crippen molar-refractivity contribution < 1.29 is 0 Å². The summed E-state index contributed by atoms with van der Waals surface area (Å²) in [6.45, 7) is 8.13. The molecule has 18 heavy (non-hydrogen) atoms. The maximum Gasteiger partial charge on any atom is 0.0203 e. The van der Waals surface area contributed by atoms with Crippen molar-refractivity contribution in [2.24, 2.45) is 5.92 Å². The van der Waals surface area contributed by atoms with Gasteiger partial charge >= 0.3 is 0 Å².